The Morgan fingerprint density at radius 1 is 1.50 bits per heavy atom. The van der Waals surface area contributed by atoms with E-state index in [1.54, 1.807) is 7.11 Å². The van der Waals surface area contributed by atoms with Crippen LogP contribution in [0.25, 0.3) is 0 Å². The van der Waals surface area contributed by atoms with Crippen molar-refractivity contribution in [1.29, 1.82) is 0 Å². The molecule has 1 aromatic rings. The Bertz CT molecular complexity index is 411. The van der Waals surface area contributed by atoms with Gasteiger partial charge in [-0.15, -0.1) is 0 Å². The molecule has 0 aromatic heterocycles. The fourth-order valence-electron chi connectivity index (χ4n) is 2.55. The second kappa shape index (κ2) is 6.04. The first-order chi connectivity index (χ1) is 8.65. The minimum absolute atomic E-state index is 0.0679. The molecule has 1 N–H and O–H groups in total. The van der Waals surface area contributed by atoms with Crippen molar-refractivity contribution in [1.82, 2.24) is 0 Å². The summed E-state index contributed by atoms with van der Waals surface area (Å²) >= 11 is 3.44. The van der Waals surface area contributed by atoms with Gasteiger partial charge in [0.05, 0.1) is 12.7 Å². The summed E-state index contributed by atoms with van der Waals surface area (Å²) in [6, 6.07) is 6.07. The Labute approximate surface area is 117 Å². The molecule has 0 saturated carbocycles. The molecule has 18 heavy (non-hydrogen) atoms. The van der Waals surface area contributed by atoms with Gasteiger partial charge in [0.15, 0.2) is 0 Å². The van der Waals surface area contributed by atoms with E-state index in [1.165, 1.54) is 0 Å². The van der Waals surface area contributed by atoms with Crippen LogP contribution in [0.5, 0.6) is 0 Å². The van der Waals surface area contributed by atoms with Gasteiger partial charge in [0, 0.05) is 35.9 Å². The monoisotopic (exact) mass is 313 g/mol. The highest BCUT2D eigenvalue weighted by atomic mass is 79.9. The highest BCUT2D eigenvalue weighted by molar-refractivity contribution is 9.10. The van der Waals surface area contributed by atoms with Crippen LogP contribution in [0.2, 0.25) is 0 Å². The average Bonchev–Trinajstić information content (AvgIpc) is 2.39. The molecule has 1 aliphatic rings. The molecular weight excluding hydrogens is 294 g/mol. The fraction of sp³-hybridized carbons (Fsp3) is 0.571. The molecule has 1 saturated heterocycles. The smallest absolute Gasteiger partial charge is 0.0772 e. The van der Waals surface area contributed by atoms with Crippen molar-refractivity contribution >= 4 is 21.6 Å². The van der Waals surface area contributed by atoms with E-state index in [0.717, 1.165) is 35.2 Å². The van der Waals surface area contributed by atoms with Crippen LogP contribution in [0.4, 0.5) is 5.69 Å². The molecule has 100 valence electrons. The molecule has 2 unspecified atom stereocenters. The van der Waals surface area contributed by atoms with E-state index in [9.17, 15) is 5.11 Å². The van der Waals surface area contributed by atoms with Crippen molar-refractivity contribution in [2.75, 3.05) is 25.1 Å². The predicted octanol–water partition coefficient (Wildman–Crippen LogP) is 2.80. The summed E-state index contributed by atoms with van der Waals surface area (Å²) in [5.41, 5.74) is 2.09. The zero-order valence-electron chi connectivity index (χ0n) is 10.9. The molecule has 3 nitrogen and oxygen atoms in total. The van der Waals surface area contributed by atoms with Crippen molar-refractivity contribution in [2.45, 2.75) is 26.1 Å². The number of aliphatic hydroxyl groups excluding tert-OH is 1. The maximum absolute atomic E-state index is 9.47. The summed E-state index contributed by atoms with van der Waals surface area (Å²) in [7, 11) is 1.78. The lowest BCUT2D eigenvalue weighted by Crippen LogP contribution is -2.44. The molecule has 0 radical (unpaired) electrons. The number of nitrogens with zero attached hydrogens (tertiary/aromatic N) is 1. The molecule has 0 spiro atoms. The number of hydrogen-bond acceptors (Lipinski definition) is 3. The SMILES string of the molecule is COC1CN(c2ccc(Br)cc2CO)CCC1C. The number of hydrogen-bond donors (Lipinski definition) is 1. The van der Waals surface area contributed by atoms with Gasteiger partial charge in [-0.05, 0) is 30.5 Å². The second-order valence-corrected chi connectivity index (χ2v) is 5.83. The quantitative estimate of drug-likeness (QED) is 0.931. The third-order valence-electron chi connectivity index (χ3n) is 3.74. The van der Waals surface area contributed by atoms with Gasteiger partial charge in [-0.1, -0.05) is 22.9 Å². The number of halogens is 1. The summed E-state index contributed by atoms with van der Waals surface area (Å²) in [6.45, 7) is 4.22. The number of methoxy groups -OCH3 is 1. The largest absolute Gasteiger partial charge is 0.392 e. The maximum atomic E-state index is 9.47. The van der Waals surface area contributed by atoms with Gasteiger partial charge >= 0.3 is 0 Å². The zero-order valence-corrected chi connectivity index (χ0v) is 12.5. The normalized spacial score (nSPS) is 24.3. The molecule has 1 aliphatic heterocycles. The Kier molecular flexibility index (Phi) is 4.65. The van der Waals surface area contributed by atoms with Crippen LogP contribution >= 0.6 is 15.9 Å². The first kappa shape index (κ1) is 13.8. The van der Waals surface area contributed by atoms with E-state index >= 15 is 0 Å². The summed E-state index contributed by atoms with van der Waals surface area (Å²) in [5, 5.41) is 9.47. The number of rotatable bonds is 3. The minimum Gasteiger partial charge on any atom is -0.392 e. The number of ether oxygens (including phenoxy) is 1. The predicted molar refractivity (Wildman–Crippen MR) is 76.9 cm³/mol. The molecule has 0 amide bonds. The van der Waals surface area contributed by atoms with E-state index in [-0.39, 0.29) is 12.7 Å². The molecule has 1 aromatic carbocycles. The van der Waals surface area contributed by atoms with Crippen LogP contribution in [-0.4, -0.2) is 31.4 Å². The van der Waals surface area contributed by atoms with E-state index in [0.29, 0.717) is 5.92 Å². The van der Waals surface area contributed by atoms with E-state index in [1.807, 2.05) is 12.1 Å². The van der Waals surface area contributed by atoms with Gasteiger partial charge in [-0.25, -0.2) is 0 Å². The summed E-state index contributed by atoms with van der Waals surface area (Å²) in [5.74, 6) is 0.597. The van der Waals surface area contributed by atoms with Gasteiger partial charge in [-0.3, -0.25) is 0 Å². The van der Waals surface area contributed by atoms with Crippen LogP contribution in [0.15, 0.2) is 22.7 Å². The van der Waals surface area contributed by atoms with E-state index in [4.69, 9.17) is 4.74 Å². The summed E-state index contributed by atoms with van der Waals surface area (Å²) in [6.07, 6.45) is 1.40. The second-order valence-electron chi connectivity index (χ2n) is 4.92. The maximum Gasteiger partial charge on any atom is 0.0772 e. The standard InChI is InChI=1S/C14H20BrNO2/c1-10-5-6-16(8-14(10)18-2)13-4-3-12(15)7-11(13)9-17/h3-4,7,10,14,17H,5-6,8-9H2,1-2H3. The Balaban J connectivity index is 2.21. The van der Waals surface area contributed by atoms with Crippen molar-refractivity contribution < 1.29 is 9.84 Å². The van der Waals surface area contributed by atoms with Crippen LogP contribution in [0.3, 0.4) is 0 Å². The molecule has 2 atom stereocenters. The fourth-order valence-corrected chi connectivity index (χ4v) is 2.96. The topological polar surface area (TPSA) is 32.7 Å². The summed E-state index contributed by atoms with van der Waals surface area (Å²) < 4.78 is 6.54. The number of aliphatic hydroxyl groups is 1. The van der Waals surface area contributed by atoms with E-state index < -0.39 is 0 Å². The van der Waals surface area contributed by atoms with Crippen molar-refractivity contribution in [3.8, 4) is 0 Å². The average molecular weight is 314 g/mol. The molecule has 1 fully saturated rings. The third kappa shape index (κ3) is 2.87. The molecule has 0 bridgehead atoms. The first-order valence-electron chi connectivity index (χ1n) is 6.32. The Morgan fingerprint density at radius 3 is 2.94 bits per heavy atom. The van der Waals surface area contributed by atoms with Crippen molar-refractivity contribution in [3.63, 3.8) is 0 Å². The zero-order chi connectivity index (χ0) is 13.1. The summed E-state index contributed by atoms with van der Waals surface area (Å²) in [4.78, 5) is 2.31. The van der Waals surface area contributed by atoms with Crippen molar-refractivity contribution in [2.24, 2.45) is 5.92 Å². The molecule has 0 aliphatic carbocycles. The molecule has 4 heteroatoms. The first-order valence-corrected chi connectivity index (χ1v) is 7.12. The number of benzene rings is 1. The lowest BCUT2D eigenvalue weighted by Gasteiger charge is -2.38. The lowest BCUT2D eigenvalue weighted by molar-refractivity contribution is 0.0497. The van der Waals surface area contributed by atoms with Gasteiger partial charge < -0.3 is 14.7 Å². The number of anilines is 1. The molecule has 1 heterocycles. The van der Waals surface area contributed by atoms with Crippen molar-refractivity contribution in [3.05, 3.63) is 28.2 Å². The van der Waals surface area contributed by atoms with Crippen LogP contribution in [-0.2, 0) is 11.3 Å². The minimum atomic E-state index is 0.0679. The molecule has 2 rings (SSSR count). The Hall–Kier alpha value is -0.580. The van der Waals surface area contributed by atoms with Gasteiger partial charge in [-0.2, -0.15) is 0 Å². The molecular formula is C14H20BrNO2. The lowest BCUT2D eigenvalue weighted by atomic mass is 9.95. The van der Waals surface area contributed by atoms with Crippen LogP contribution in [0.1, 0.15) is 18.9 Å². The third-order valence-corrected chi connectivity index (χ3v) is 4.24. The van der Waals surface area contributed by atoms with E-state index in [2.05, 4.69) is 33.8 Å². The highest BCUT2D eigenvalue weighted by Gasteiger charge is 2.27. The number of piperidine rings is 1. The van der Waals surface area contributed by atoms with Gasteiger partial charge in [0.2, 0.25) is 0 Å². The highest BCUT2D eigenvalue weighted by Crippen LogP contribution is 2.29. The van der Waals surface area contributed by atoms with Gasteiger partial charge in [0.1, 0.15) is 0 Å². The van der Waals surface area contributed by atoms with Gasteiger partial charge in [0.25, 0.3) is 0 Å². The Morgan fingerprint density at radius 2 is 2.28 bits per heavy atom. The van der Waals surface area contributed by atoms with Crippen LogP contribution < -0.4 is 4.90 Å². The van der Waals surface area contributed by atoms with Crippen LogP contribution in [0, 0.1) is 5.92 Å².